The quantitative estimate of drug-likeness (QED) is 0.764. The summed E-state index contributed by atoms with van der Waals surface area (Å²) in [5.41, 5.74) is -0.0254. The third kappa shape index (κ3) is 2.09. The Labute approximate surface area is 121 Å². The fraction of sp³-hybridized carbons (Fsp3) is 0.154. The van der Waals surface area contributed by atoms with Crippen LogP contribution < -0.4 is 5.56 Å². The van der Waals surface area contributed by atoms with Crippen molar-refractivity contribution in [3.05, 3.63) is 44.9 Å². The number of carboxylic acid groups (broad SMARTS) is 1. The molecule has 0 saturated heterocycles. The van der Waals surface area contributed by atoms with Crippen molar-refractivity contribution >= 4 is 27.5 Å². The molecule has 0 amide bonds. The van der Waals surface area contributed by atoms with Crippen molar-refractivity contribution in [2.24, 2.45) is 0 Å². The van der Waals surface area contributed by atoms with Crippen molar-refractivity contribution in [2.75, 3.05) is 0 Å². The van der Waals surface area contributed by atoms with E-state index in [0.29, 0.717) is 21.7 Å². The zero-order chi connectivity index (χ0) is 15.1. The van der Waals surface area contributed by atoms with Crippen LogP contribution in [-0.2, 0) is 6.54 Å². The molecule has 0 fully saturated rings. The zero-order valence-corrected chi connectivity index (χ0v) is 11.7. The lowest BCUT2D eigenvalue weighted by Gasteiger charge is -2.09. The van der Waals surface area contributed by atoms with E-state index in [4.69, 9.17) is 9.63 Å². The van der Waals surface area contributed by atoms with Gasteiger partial charge in [-0.25, -0.2) is 4.79 Å². The molecule has 0 atom stereocenters. The molecule has 0 radical (unpaired) electrons. The fourth-order valence-corrected chi connectivity index (χ4v) is 3.09. The van der Waals surface area contributed by atoms with Gasteiger partial charge in [0.2, 0.25) is 0 Å². The molecule has 7 nitrogen and oxygen atoms in total. The average Bonchev–Trinajstić information content (AvgIpc) is 3.03. The molecule has 2 N–H and O–H groups in total. The topological polar surface area (TPSA) is 106 Å². The molecule has 3 rings (SSSR count). The van der Waals surface area contributed by atoms with Gasteiger partial charge in [0, 0.05) is 6.07 Å². The smallest absolute Gasteiger partial charge is 0.341 e. The summed E-state index contributed by atoms with van der Waals surface area (Å²) < 4.78 is 6.68. The summed E-state index contributed by atoms with van der Waals surface area (Å²) in [6, 6.07) is 3.31. The van der Waals surface area contributed by atoms with Gasteiger partial charge in [-0.1, -0.05) is 5.16 Å². The molecule has 0 aliphatic rings. The first kappa shape index (κ1) is 13.4. The summed E-state index contributed by atoms with van der Waals surface area (Å²) in [7, 11) is 0. The van der Waals surface area contributed by atoms with Crippen molar-refractivity contribution in [1.29, 1.82) is 0 Å². The number of carbonyl (C=O) groups is 1. The van der Waals surface area contributed by atoms with Crippen molar-refractivity contribution in [2.45, 2.75) is 13.5 Å². The fourth-order valence-electron chi connectivity index (χ4n) is 2.16. The minimum Gasteiger partial charge on any atom is -0.502 e. The summed E-state index contributed by atoms with van der Waals surface area (Å²) in [6.07, 6.45) is 0. The van der Waals surface area contributed by atoms with E-state index in [0.717, 1.165) is 11.3 Å². The van der Waals surface area contributed by atoms with Crippen LogP contribution in [0.25, 0.3) is 10.2 Å². The van der Waals surface area contributed by atoms with Gasteiger partial charge in [-0.05, 0) is 18.4 Å². The summed E-state index contributed by atoms with van der Waals surface area (Å²) in [5.74, 6) is -1.65. The number of hydrogen-bond donors (Lipinski definition) is 2. The predicted octanol–water partition coefficient (Wildman–Crippen LogP) is 1.81. The molecule has 3 heterocycles. The molecule has 0 aliphatic carbocycles. The van der Waals surface area contributed by atoms with E-state index in [1.165, 1.54) is 4.57 Å². The summed E-state index contributed by atoms with van der Waals surface area (Å²) in [5, 5.41) is 24.5. The lowest BCUT2D eigenvalue weighted by Crippen LogP contribution is -2.22. The molecular weight excluding hydrogens is 296 g/mol. The van der Waals surface area contributed by atoms with Crippen LogP contribution in [0.2, 0.25) is 0 Å². The summed E-state index contributed by atoms with van der Waals surface area (Å²) in [4.78, 5) is 23.4. The highest BCUT2D eigenvalue weighted by atomic mass is 32.1. The van der Waals surface area contributed by atoms with E-state index < -0.39 is 17.3 Å². The minimum atomic E-state index is -1.33. The van der Waals surface area contributed by atoms with Gasteiger partial charge in [-0.2, -0.15) is 0 Å². The molecule has 0 aliphatic heterocycles. The van der Waals surface area contributed by atoms with E-state index in [-0.39, 0.29) is 12.1 Å². The van der Waals surface area contributed by atoms with E-state index >= 15 is 0 Å². The predicted molar refractivity (Wildman–Crippen MR) is 75.1 cm³/mol. The van der Waals surface area contributed by atoms with Crippen LogP contribution in [0.15, 0.2) is 26.8 Å². The van der Waals surface area contributed by atoms with Crippen LogP contribution in [0.5, 0.6) is 5.75 Å². The zero-order valence-electron chi connectivity index (χ0n) is 10.9. The summed E-state index contributed by atoms with van der Waals surface area (Å²) >= 11 is 1.15. The Morgan fingerprint density at radius 1 is 1.52 bits per heavy atom. The number of aromatic carboxylic acids is 1. The maximum atomic E-state index is 12.2. The molecular formula is C13H10N2O5S. The number of pyridine rings is 1. The second kappa shape index (κ2) is 4.74. The minimum absolute atomic E-state index is 0.0698. The number of hydrogen-bond acceptors (Lipinski definition) is 6. The van der Waals surface area contributed by atoms with Gasteiger partial charge >= 0.3 is 5.97 Å². The highest BCUT2D eigenvalue weighted by molar-refractivity contribution is 7.17. The molecule has 0 aromatic carbocycles. The van der Waals surface area contributed by atoms with Crippen LogP contribution in [0, 0.1) is 6.92 Å². The first-order valence-electron chi connectivity index (χ1n) is 5.97. The molecule has 0 bridgehead atoms. The largest absolute Gasteiger partial charge is 0.502 e. The SMILES string of the molecule is Cc1cc(Cn2c(=O)c(O)c(C(=O)O)c3sccc32)on1. The monoisotopic (exact) mass is 306 g/mol. The maximum absolute atomic E-state index is 12.2. The Balaban J connectivity index is 2.26. The molecule has 8 heteroatoms. The number of aromatic nitrogens is 2. The third-order valence-electron chi connectivity index (χ3n) is 3.05. The molecule has 0 unspecified atom stereocenters. The Morgan fingerprint density at radius 3 is 2.90 bits per heavy atom. The van der Waals surface area contributed by atoms with Gasteiger partial charge in [0.05, 0.1) is 22.5 Å². The molecule has 3 aromatic rings. The van der Waals surface area contributed by atoms with Crippen LogP contribution in [0.4, 0.5) is 0 Å². The number of aromatic hydroxyl groups is 1. The standard InChI is InChI=1S/C13H10N2O5S/c1-6-4-7(20-14-6)5-15-8-2-3-21-11(8)9(13(18)19)10(16)12(15)17/h2-4,16H,5H2,1H3,(H,18,19). The van der Waals surface area contributed by atoms with Crippen molar-refractivity contribution in [3.8, 4) is 5.75 Å². The normalized spacial score (nSPS) is 11.1. The lowest BCUT2D eigenvalue weighted by atomic mass is 10.2. The van der Waals surface area contributed by atoms with Crippen molar-refractivity contribution in [1.82, 2.24) is 9.72 Å². The van der Waals surface area contributed by atoms with Gasteiger partial charge in [0.25, 0.3) is 5.56 Å². The number of rotatable bonds is 3. The molecule has 0 saturated carbocycles. The number of carboxylic acids is 1. The maximum Gasteiger partial charge on any atom is 0.341 e. The van der Waals surface area contributed by atoms with E-state index in [2.05, 4.69) is 5.16 Å². The number of thiophene rings is 1. The number of nitrogens with zero attached hydrogens (tertiary/aromatic N) is 2. The lowest BCUT2D eigenvalue weighted by molar-refractivity contribution is 0.0695. The van der Waals surface area contributed by atoms with Crippen LogP contribution in [0.3, 0.4) is 0 Å². The van der Waals surface area contributed by atoms with Gasteiger partial charge in [0.1, 0.15) is 5.56 Å². The highest BCUT2D eigenvalue weighted by Crippen LogP contribution is 2.29. The first-order valence-corrected chi connectivity index (χ1v) is 6.85. The molecule has 21 heavy (non-hydrogen) atoms. The second-order valence-electron chi connectivity index (χ2n) is 4.49. The van der Waals surface area contributed by atoms with Crippen LogP contribution in [0.1, 0.15) is 21.8 Å². The van der Waals surface area contributed by atoms with Gasteiger partial charge in [0.15, 0.2) is 11.5 Å². The first-order chi connectivity index (χ1) is 9.99. The van der Waals surface area contributed by atoms with Gasteiger partial charge in [-0.3, -0.25) is 9.36 Å². The third-order valence-corrected chi connectivity index (χ3v) is 3.97. The van der Waals surface area contributed by atoms with Crippen LogP contribution >= 0.6 is 11.3 Å². The van der Waals surface area contributed by atoms with Crippen molar-refractivity contribution < 1.29 is 19.5 Å². The molecule has 0 spiro atoms. The number of fused-ring (bicyclic) bond motifs is 1. The van der Waals surface area contributed by atoms with E-state index in [1.807, 2.05) is 0 Å². The van der Waals surface area contributed by atoms with Crippen LogP contribution in [-0.4, -0.2) is 25.9 Å². The van der Waals surface area contributed by atoms with Crippen molar-refractivity contribution in [3.63, 3.8) is 0 Å². The van der Waals surface area contributed by atoms with Gasteiger partial charge < -0.3 is 14.7 Å². The second-order valence-corrected chi connectivity index (χ2v) is 5.41. The average molecular weight is 306 g/mol. The Morgan fingerprint density at radius 2 is 2.29 bits per heavy atom. The molecule has 108 valence electrons. The summed E-state index contributed by atoms with van der Waals surface area (Å²) in [6.45, 7) is 1.82. The Bertz CT molecular complexity index is 905. The van der Waals surface area contributed by atoms with Gasteiger partial charge in [-0.15, -0.1) is 11.3 Å². The Hall–Kier alpha value is -2.61. The molecule has 3 aromatic heterocycles. The Kier molecular flexibility index (Phi) is 3.02. The van der Waals surface area contributed by atoms with E-state index in [9.17, 15) is 14.7 Å². The highest BCUT2D eigenvalue weighted by Gasteiger charge is 2.22. The number of aryl methyl sites for hydroxylation is 1. The van der Waals surface area contributed by atoms with E-state index in [1.54, 1.807) is 24.4 Å².